The number of carbonyl (C=O) groups excluding carboxylic acids is 1. The van der Waals surface area contributed by atoms with Crippen LogP contribution in [0.3, 0.4) is 0 Å². The second-order valence-corrected chi connectivity index (χ2v) is 5.77. The zero-order valence-electron chi connectivity index (χ0n) is 12.3. The van der Waals surface area contributed by atoms with Crippen LogP contribution in [0.25, 0.3) is 0 Å². The number of nitrogens with zero attached hydrogens (tertiary/aromatic N) is 1. The predicted octanol–water partition coefficient (Wildman–Crippen LogP) is 0.457. The lowest BCUT2D eigenvalue weighted by atomic mass is 9.97. The van der Waals surface area contributed by atoms with E-state index in [0.717, 1.165) is 4.90 Å². The molecule has 23 heavy (non-hydrogen) atoms. The van der Waals surface area contributed by atoms with Crippen LogP contribution in [0.2, 0.25) is 0 Å². The first kappa shape index (κ1) is 15.1. The zero-order valence-corrected chi connectivity index (χ0v) is 12.3. The summed E-state index contributed by atoms with van der Waals surface area (Å²) in [4.78, 5) is 35.2. The highest BCUT2D eigenvalue weighted by Gasteiger charge is 2.39. The SMILES string of the molecule is C[C@@H](C(=O)O)C1Cc2c(cc3c(c2O)CN(CC(=O)O)C3=O)O1. The third kappa shape index (κ3) is 2.36. The summed E-state index contributed by atoms with van der Waals surface area (Å²) in [5.41, 5.74) is 1.03. The van der Waals surface area contributed by atoms with Crippen molar-refractivity contribution in [1.82, 2.24) is 4.90 Å². The Kier molecular flexibility index (Phi) is 3.39. The van der Waals surface area contributed by atoms with E-state index in [9.17, 15) is 19.5 Å². The van der Waals surface area contributed by atoms with Gasteiger partial charge in [0.05, 0.1) is 18.0 Å². The average molecular weight is 321 g/mol. The van der Waals surface area contributed by atoms with Crippen LogP contribution in [-0.2, 0) is 22.6 Å². The first-order chi connectivity index (χ1) is 10.8. The van der Waals surface area contributed by atoms with Gasteiger partial charge in [-0.05, 0) is 13.0 Å². The predicted molar refractivity (Wildman–Crippen MR) is 75.4 cm³/mol. The van der Waals surface area contributed by atoms with Crippen LogP contribution in [0.1, 0.15) is 28.4 Å². The van der Waals surface area contributed by atoms with Gasteiger partial charge in [-0.2, -0.15) is 0 Å². The normalized spacial score (nSPS) is 20.0. The number of ether oxygens (including phenoxy) is 1. The van der Waals surface area contributed by atoms with Crippen molar-refractivity contribution < 1.29 is 34.4 Å². The molecule has 1 unspecified atom stereocenters. The minimum absolute atomic E-state index is 0.0126. The first-order valence-corrected chi connectivity index (χ1v) is 7.07. The number of hydrogen-bond donors (Lipinski definition) is 3. The van der Waals surface area contributed by atoms with E-state index in [1.165, 1.54) is 13.0 Å². The molecule has 2 aliphatic heterocycles. The lowest BCUT2D eigenvalue weighted by Crippen LogP contribution is -2.30. The number of carboxylic acid groups (broad SMARTS) is 2. The largest absolute Gasteiger partial charge is 0.507 e. The third-order valence-corrected chi connectivity index (χ3v) is 4.29. The smallest absolute Gasteiger partial charge is 0.323 e. The number of aliphatic carboxylic acids is 2. The van der Waals surface area contributed by atoms with Crippen LogP contribution in [0.15, 0.2) is 6.07 Å². The first-order valence-electron chi connectivity index (χ1n) is 7.07. The molecule has 0 fully saturated rings. The number of carboxylic acids is 2. The summed E-state index contributed by atoms with van der Waals surface area (Å²) in [7, 11) is 0. The van der Waals surface area contributed by atoms with E-state index in [-0.39, 0.29) is 30.0 Å². The second-order valence-electron chi connectivity index (χ2n) is 5.77. The van der Waals surface area contributed by atoms with Crippen molar-refractivity contribution in [2.45, 2.75) is 26.0 Å². The Bertz CT molecular complexity index is 727. The maximum Gasteiger partial charge on any atom is 0.323 e. The Morgan fingerprint density at radius 3 is 2.70 bits per heavy atom. The number of carbonyl (C=O) groups is 3. The number of phenols is 1. The fourth-order valence-electron chi connectivity index (χ4n) is 2.95. The Morgan fingerprint density at radius 1 is 1.39 bits per heavy atom. The molecule has 1 aromatic carbocycles. The molecule has 0 aromatic heterocycles. The van der Waals surface area contributed by atoms with E-state index in [0.29, 0.717) is 11.1 Å². The number of hydrogen-bond acceptors (Lipinski definition) is 5. The fraction of sp³-hybridized carbons (Fsp3) is 0.400. The standard InChI is InChI=1S/C15H15NO7/c1-6(15(21)22)10-3-8-11(23-10)2-7-9(13(8)19)4-16(14(7)20)5-12(17)18/h2,6,10,19H,3-5H2,1H3,(H,17,18)(H,21,22)/t6-,10?/m1/s1. The van der Waals surface area contributed by atoms with Crippen molar-refractivity contribution in [2.24, 2.45) is 5.92 Å². The molecule has 3 N–H and O–H groups in total. The average Bonchev–Trinajstić information content (AvgIpc) is 3.02. The van der Waals surface area contributed by atoms with E-state index in [4.69, 9.17) is 14.9 Å². The summed E-state index contributed by atoms with van der Waals surface area (Å²) >= 11 is 0. The molecule has 8 nitrogen and oxygen atoms in total. The van der Waals surface area contributed by atoms with Crippen molar-refractivity contribution in [2.75, 3.05) is 6.54 Å². The monoisotopic (exact) mass is 321 g/mol. The Labute approximate surface area is 130 Å². The number of rotatable bonds is 4. The summed E-state index contributed by atoms with van der Waals surface area (Å²) in [5, 5.41) is 28.3. The number of benzene rings is 1. The molecule has 1 aromatic rings. The number of phenolic OH excluding ortho intramolecular Hbond substituents is 1. The Hall–Kier alpha value is -2.77. The van der Waals surface area contributed by atoms with Crippen molar-refractivity contribution in [3.8, 4) is 11.5 Å². The number of aromatic hydroxyl groups is 1. The van der Waals surface area contributed by atoms with E-state index < -0.39 is 36.4 Å². The van der Waals surface area contributed by atoms with Gasteiger partial charge in [-0.3, -0.25) is 14.4 Å². The van der Waals surface area contributed by atoms with Crippen molar-refractivity contribution >= 4 is 17.8 Å². The molecule has 0 aliphatic carbocycles. The van der Waals surface area contributed by atoms with E-state index >= 15 is 0 Å². The lowest BCUT2D eigenvalue weighted by Gasteiger charge is -2.14. The summed E-state index contributed by atoms with van der Waals surface area (Å²) in [5.74, 6) is -3.21. The van der Waals surface area contributed by atoms with Gasteiger partial charge in [0.1, 0.15) is 24.1 Å². The molecule has 2 heterocycles. The van der Waals surface area contributed by atoms with E-state index in [1.807, 2.05) is 0 Å². The summed E-state index contributed by atoms with van der Waals surface area (Å²) in [6.07, 6.45) is -0.379. The highest BCUT2D eigenvalue weighted by atomic mass is 16.5. The van der Waals surface area contributed by atoms with Gasteiger partial charge >= 0.3 is 11.9 Å². The van der Waals surface area contributed by atoms with Gasteiger partial charge in [-0.15, -0.1) is 0 Å². The molecule has 0 saturated carbocycles. The van der Waals surface area contributed by atoms with E-state index in [1.54, 1.807) is 0 Å². The van der Waals surface area contributed by atoms with E-state index in [2.05, 4.69) is 0 Å². The highest BCUT2D eigenvalue weighted by molar-refractivity contribution is 6.01. The van der Waals surface area contributed by atoms with Gasteiger partial charge < -0.3 is 25.0 Å². The quantitative estimate of drug-likeness (QED) is 0.735. The van der Waals surface area contributed by atoms with Crippen molar-refractivity contribution in [1.29, 1.82) is 0 Å². The lowest BCUT2D eigenvalue weighted by molar-refractivity contribution is -0.144. The molecule has 3 rings (SSSR count). The molecule has 0 bridgehead atoms. The number of amides is 1. The van der Waals surface area contributed by atoms with Crippen LogP contribution < -0.4 is 4.74 Å². The molecular weight excluding hydrogens is 306 g/mol. The zero-order chi connectivity index (χ0) is 16.9. The van der Waals surface area contributed by atoms with Gasteiger partial charge in [0.15, 0.2) is 0 Å². The number of fused-ring (bicyclic) bond motifs is 2. The van der Waals surface area contributed by atoms with Gasteiger partial charge in [0.2, 0.25) is 0 Å². The van der Waals surface area contributed by atoms with Crippen molar-refractivity contribution in [3.05, 3.63) is 22.8 Å². The van der Waals surface area contributed by atoms with Gasteiger partial charge in [-0.1, -0.05) is 0 Å². The minimum atomic E-state index is -1.13. The topological polar surface area (TPSA) is 124 Å². The third-order valence-electron chi connectivity index (χ3n) is 4.29. The molecule has 8 heteroatoms. The van der Waals surface area contributed by atoms with Gasteiger partial charge in [0.25, 0.3) is 5.91 Å². The Morgan fingerprint density at radius 2 is 2.09 bits per heavy atom. The van der Waals surface area contributed by atoms with Gasteiger partial charge in [0, 0.05) is 17.5 Å². The summed E-state index contributed by atoms with van der Waals surface area (Å²) in [6, 6.07) is 1.46. The molecule has 2 atom stereocenters. The minimum Gasteiger partial charge on any atom is -0.507 e. The summed E-state index contributed by atoms with van der Waals surface area (Å²) in [6.45, 7) is 1.08. The van der Waals surface area contributed by atoms with Crippen LogP contribution in [-0.4, -0.2) is 50.7 Å². The highest BCUT2D eigenvalue weighted by Crippen LogP contribution is 2.44. The molecule has 122 valence electrons. The van der Waals surface area contributed by atoms with Crippen molar-refractivity contribution in [3.63, 3.8) is 0 Å². The van der Waals surface area contributed by atoms with Crippen LogP contribution >= 0.6 is 0 Å². The maximum absolute atomic E-state index is 12.2. The molecule has 0 spiro atoms. The van der Waals surface area contributed by atoms with Crippen LogP contribution in [0, 0.1) is 5.92 Å². The summed E-state index contributed by atoms with van der Waals surface area (Å²) < 4.78 is 5.57. The maximum atomic E-state index is 12.2. The second kappa shape index (κ2) is 5.15. The fourth-order valence-corrected chi connectivity index (χ4v) is 2.95. The Balaban J connectivity index is 1.92. The van der Waals surface area contributed by atoms with Gasteiger partial charge in [-0.25, -0.2) is 0 Å². The molecule has 0 radical (unpaired) electrons. The van der Waals surface area contributed by atoms with Crippen LogP contribution in [0.5, 0.6) is 11.5 Å². The molecule has 0 saturated heterocycles. The molecule has 2 aliphatic rings. The molecular formula is C15H15NO7. The molecule has 1 amide bonds. The van der Waals surface area contributed by atoms with Crippen LogP contribution in [0.4, 0.5) is 0 Å².